The van der Waals surface area contributed by atoms with E-state index >= 15 is 0 Å². The van der Waals surface area contributed by atoms with Crippen molar-refractivity contribution in [1.29, 1.82) is 0 Å². The third-order valence-corrected chi connectivity index (χ3v) is 0.822. The molecule has 2 nitrogen and oxygen atoms in total. The van der Waals surface area contributed by atoms with Gasteiger partial charge in [0.25, 0.3) is 0 Å². The summed E-state index contributed by atoms with van der Waals surface area (Å²) in [6.07, 6.45) is 2.79. The van der Waals surface area contributed by atoms with E-state index in [0.717, 1.165) is 0 Å². The van der Waals surface area contributed by atoms with E-state index in [4.69, 9.17) is 4.74 Å². The van der Waals surface area contributed by atoms with Crippen LogP contribution >= 0.6 is 22.6 Å². The van der Waals surface area contributed by atoms with Gasteiger partial charge in [-0.15, -0.1) is 0 Å². The number of allylic oxidation sites excluding steroid dienone is 1. The molecule has 0 aromatic heterocycles. The zero-order valence-corrected chi connectivity index (χ0v) is 6.71. The minimum atomic E-state index is 0.00912. The molecule has 46 valence electrons. The van der Waals surface area contributed by atoms with Crippen LogP contribution in [0.1, 0.15) is 6.92 Å². The highest BCUT2D eigenvalue weighted by Crippen LogP contribution is 1.84. The molecule has 0 atom stereocenters. The van der Waals surface area contributed by atoms with Gasteiger partial charge in [-0.3, -0.25) is 4.79 Å². The number of alkyl halides is 1. The van der Waals surface area contributed by atoms with Crippen molar-refractivity contribution in [3.05, 3.63) is 12.3 Å². The van der Waals surface area contributed by atoms with Gasteiger partial charge >= 0.3 is 0 Å². The zero-order chi connectivity index (χ0) is 6.41. The number of ether oxygens (including phenoxy) is 1. The first kappa shape index (κ1) is 7.94. The lowest BCUT2D eigenvalue weighted by atomic mass is 10.4. The van der Waals surface area contributed by atoms with Crippen LogP contribution in [0.25, 0.3) is 0 Å². The molecule has 0 N–H and O–H groups in total. The zero-order valence-electron chi connectivity index (χ0n) is 4.56. The predicted molar refractivity (Wildman–Crippen MR) is 39.8 cm³/mol. The molecule has 0 unspecified atom stereocenters. The van der Waals surface area contributed by atoms with Gasteiger partial charge in [-0.05, 0) is 29.5 Å². The Labute approximate surface area is 62.0 Å². The third kappa shape index (κ3) is 5.94. The highest BCUT2D eigenvalue weighted by atomic mass is 127. The van der Waals surface area contributed by atoms with Crippen molar-refractivity contribution >= 4 is 28.4 Å². The largest absolute Gasteiger partial charge is 0.491 e. The summed E-state index contributed by atoms with van der Waals surface area (Å²) in [5.74, 6) is 0.00912. The number of rotatable bonds is 3. The van der Waals surface area contributed by atoms with E-state index in [9.17, 15) is 4.79 Å². The molecule has 3 heteroatoms. The lowest BCUT2D eigenvalue weighted by molar-refractivity contribution is -0.112. The first-order valence-electron chi connectivity index (χ1n) is 2.12. The fourth-order valence-corrected chi connectivity index (χ4v) is 0.388. The van der Waals surface area contributed by atoms with Crippen LogP contribution in [0.15, 0.2) is 12.3 Å². The average molecular weight is 226 g/mol. The number of halogens is 1. The molecule has 0 spiro atoms. The Hall–Kier alpha value is -0.0600. The molecule has 0 fully saturated rings. The molecule has 0 radical (unpaired) electrons. The van der Waals surface area contributed by atoms with Gasteiger partial charge in [0.2, 0.25) is 0 Å². The van der Waals surface area contributed by atoms with Crippen LogP contribution < -0.4 is 0 Å². The van der Waals surface area contributed by atoms with Gasteiger partial charge in [0.05, 0.1) is 6.26 Å². The quantitative estimate of drug-likeness (QED) is 0.315. The predicted octanol–water partition coefficient (Wildman–Crippen LogP) is 1.50. The maximum atomic E-state index is 10.1. The van der Waals surface area contributed by atoms with E-state index in [-0.39, 0.29) is 5.78 Å². The summed E-state index contributed by atoms with van der Waals surface area (Å²) in [6.45, 7) is 1.48. The SMILES string of the molecule is CC(=O)C=COCI. The number of carbonyl (C=O) groups excluding carboxylic acids is 1. The Kier molecular flexibility index (Phi) is 5.05. The van der Waals surface area contributed by atoms with Crippen LogP contribution in [0, 0.1) is 0 Å². The molecule has 0 aliphatic heterocycles. The molecule has 8 heavy (non-hydrogen) atoms. The second-order valence-electron chi connectivity index (χ2n) is 1.19. The van der Waals surface area contributed by atoms with E-state index < -0.39 is 0 Å². The van der Waals surface area contributed by atoms with Gasteiger partial charge in [-0.1, -0.05) is 0 Å². The highest BCUT2D eigenvalue weighted by Gasteiger charge is 1.78. The fraction of sp³-hybridized carbons (Fsp3) is 0.400. The van der Waals surface area contributed by atoms with Gasteiger partial charge in [0.1, 0.15) is 4.61 Å². The summed E-state index contributed by atoms with van der Waals surface area (Å²) in [5, 5.41) is 0. The van der Waals surface area contributed by atoms with E-state index in [1.165, 1.54) is 19.3 Å². The molecule has 0 aromatic carbocycles. The molecule has 0 rings (SSSR count). The van der Waals surface area contributed by atoms with Gasteiger partial charge < -0.3 is 4.74 Å². The van der Waals surface area contributed by atoms with Crippen molar-refractivity contribution in [2.45, 2.75) is 6.92 Å². The summed E-state index contributed by atoms with van der Waals surface area (Å²) in [4.78, 5) is 10.1. The van der Waals surface area contributed by atoms with E-state index in [1.54, 1.807) is 0 Å². The maximum Gasteiger partial charge on any atom is 0.155 e. The third-order valence-electron chi connectivity index (χ3n) is 0.462. The Bertz CT molecular complexity index is 98.6. The standard InChI is InChI=1S/C5H7IO2/c1-5(7)2-3-8-4-6/h2-3H,4H2,1H3. The molecule has 0 bridgehead atoms. The summed E-state index contributed by atoms with van der Waals surface area (Å²) in [7, 11) is 0. The van der Waals surface area contributed by atoms with Crippen molar-refractivity contribution in [2.75, 3.05) is 4.61 Å². The second kappa shape index (κ2) is 5.08. The summed E-state index contributed by atoms with van der Waals surface area (Å²) in [5.41, 5.74) is 0. The fourth-order valence-electron chi connectivity index (χ4n) is 0.180. The van der Waals surface area contributed by atoms with Crippen molar-refractivity contribution < 1.29 is 9.53 Å². The lowest BCUT2D eigenvalue weighted by Crippen LogP contribution is -1.81. The molecular weight excluding hydrogens is 219 g/mol. The first-order valence-corrected chi connectivity index (χ1v) is 3.64. The van der Waals surface area contributed by atoms with Crippen LogP contribution in [-0.2, 0) is 9.53 Å². The number of ketones is 1. The molecular formula is C5H7IO2. The van der Waals surface area contributed by atoms with E-state index in [1.807, 2.05) is 22.6 Å². The summed E-state index contributed by atoms with van der Waals surface area (Å²) >= 11 is 2.05. The Morgan fingerprint density at radius 3 is 2.88 bits per heavy atom. The lowest BCUT2D eigenvalue weighted by Gasteiger charge is -1.86. The molecule has 0 saturated carbocycles. The minimum absolute atomic E-state index is 0.00912. The van der Waals surface area contributed by atoms with Crippen molar-refractivity contribution in [1.82, 2.24) is 0 Å². The van der Waals surface area contributed by atoms with Crippen molar-refractivity contribution in [2.24, 2.45) is 0 Å². The van der Waals surface area contributed by atoms with E-state index in [2.05, 4.69) is 0 Å². The van der Waals surface area contributed by atoms with Crippen LogP contribution in [0.4, 0.5) is 0 Å². The van der Waals surface area contributed by atoms with Crippen LogP contribution in [0.2, 0.25) is 0 Å². The van der Waals surface area contributed by atoms with Crippen LogP contribution in [-0.4, -0.2) is 10.4 Å². The molecule has 0 saturated heterocycles. The van der Waals surface area contributed by atoms with Crippen LogP contribution in [0.3, 0.4) is 0 Å². The smallest absolute Gasteiger partial charge is 0.155 e. The summed E-state index contributed by atoms with van der Waals surface area (Å²) in [6, 6.07) is 0. The normalized spacial score (nSPS) is 9.75. The molecule has 0 aliphatic rings. The molecule has 0 heterocycles. The van der Waals surface area contributed by atoms with Gasteiger partial charge in [0, 0.05) is 6.08 Å². The monoisotopic (exact) mass is 226 g/mol. The number of carbonyl (C=O) groups is 1. The number of hydrogen-bond donors (Lipinski definition) is 0. The summed E-state index contributed by atoms with van der Waals surface area (Å²) < 4.78 is 5.31. The van der Waals surface area contributed by atoms with Crippen molar-refractivity contribution in [3.8, 4) is 0 Å². The highest BCUT2D eigenvalue weighted by molar-refractivity contribution is 14.1. The molecule has 0 aliphatic carbocycles. The van der Waals surface area contributed by atoms with E-state index in [0.29, 0.717) is 4.61 Å². The average Bonchev–Trinajstić information content (AvgIpc) is 1.66. The van der Waals surface area contributed by atoms with Crippen molar-refractivity contribution in [3.63, 3.8) is 0 Å². The molecule has 0 amide bonds. The topological polar surface area (TPSA) is 26.3 Å². The maximum absolute atomic E-state index is 10.1. The molecule has 0 aromatic rings. The Morgan fingerprint density at radius 2 is 2.50 bits per heavy atom. The minimum Gasteiger partial charge on any atom is -0.491 e. The Balaban J connectivity index is 3.20. The van der Waals surface area contributed by atoms with Gasteiger partial charge in [0.15, 0.2) is 5.78 Å². The van der Waals surface area contributed by atoms with Gasteiger partial charge in [-0.2, -0.15) is 0 Å². The second-order valence-corrected chi connectivity index (χ2v) is 1.81. The van der Waals surface area contributed by atoms with Crippen LogP contribution in [0.5, 0.6) is 0 Å². The first-order chi connectivity index (χ1) is 3.77. The van der Waals surface area contributed by atoms with Gasteiger partial charge in [-0.25, -0.2) is 0 Å². The number of hydrogen-bond acceptors (Lipinski definition) is 2. The Morgan fingerprint density at radius 1 is 1.88 bits per heavy atom.